The molecule has 3 rings (SSSR count). The summed E-state index contributed by atoms with van der Waals surface area (Å²) in [6.45, 7) is -0.612. The van der Waals surface area contributed by atoms with E-state index >= 15 is 0 Å². The Labute approximate surface area is 185 Å². The van der Waals surface area contributed by atoms with Crippen LogP contribution in [0, 0.1) is 12.8 Å². The topological polar surface area (TPSA) is 103 Å². The van der Waals surface area contributed by atoms with Crippen molar-refractivity contribution < 1.29 is 31.5 Å². The van der Waals surface area contributed by atoms with Gasteiger partial charge in [0.1, 0.15) is 5.82 Å². The molecule has 2 aromatic rings. The molecule has 0 atom stereocenters. The van der Waals surface area contributed by atoms with E-state index in [4.69, 9.17) is 4.74 Å². The van der Waals surface area contributed by atoms with Crippen LogP contribution in [0.4, 0.5) is 8.78 Å². The highest BCUT2D eigenvalue weighted by Crippen LogP contribution is 2.29. The van der Waals surface area contributed by atoms with Crippen molar-refractivity contribution in [2.24, 2.45) is 13.0 Å². The molecule has 1 fully saturated rings. The van der Waals surface area contributed by atoms with E-state index in [1.54, 1.807) is 24.6 Å². The van der Waals surface area contributed by atoms with Crippen LogP contribution in [-0.4, -0.2) is 55.0 Å². The molecular weight excluding hydrogens is 446 g/mol. The number of carbonyl (C=O) groups is 1. The number of methoxy groups -OCH3 is 1. The Kier molecular flexibility index (Phi) is 7.34. The Bertz CT molecular complexity index is 1050. The Morgan fingerprint density at radius 3 is 2.53 bits per heavy atom. The molecule has 0 bridgehead atoms. The summed E-state index contributed by atoms with van der Waals surface area (Å²) >= 11 is 0. The minimum Gasteiger partial charge on any atom is -0.493 e. The zero-order valence-electron chi connectivity index (χ0n) is 18.0. The molecule has 0 radical (unpaired) electrons. The summed E-state index contributed by atoms with van der Waals surface area (Å²) < 4.78 is 62.9. The maximum Gasteiger partial charge on any atom is 0.387 e. The number of halogens is 2. The van der Waals surface area contributed by atoms with Gasteiger partial charge in [-0.05, 0) is 37.5 Å². The molecule has 176 valence electrons. The first-order valence-corrected chi connectivity index (χ1v) is 11.5. The van der Waals surface area contributed by atoms with Crippen molar-refractivity contribution >= 4 is 15.9 Å². The molecule has 1 saturated heterocycles. The summed E-state index contributed by atoms with van der Waals surface area (Å²) in [5.41, 5.74) is 0.655. The molecule has 1 N–H and O–H groups in total. The minimum atomic E-state index is -3.70. The Hall–Kier alpha value is -2.73. The van der Waals surface area contributed by atoms with E-state index in [0.717, 1.165) is 0 Å². The molecule has 0 saturated carbocycles. The Morgan fingerprint density at radius 1 is 1.28 bits per heavy atom. The van der Waals surface area contributed by atoms with Crippen LogP contribution in [0.1, 0.15) is 24.2 Å². The van der Waals surface area contributed by atoms with E-state index in [1.807, 2.05) is 0 Å². The first-order chi connectivity index (χ1) is 15.1. The van der Waals surface area contributed by atoms with Gasteiger partial charge in [-0.25, -0.2) is 13.4 Å². The lowest BCUT2D eigenvalue weighted by atomic mass is 9.97. The summed E-state index contributed by atoms with van der Waals surface area (Å²) in [6, 6.07) is 4.43. The molecule has 0 unspecified atom stereocenters. The number of rotatable bonds is 8. The number of benzene rings is 1. The number of carbonyl (C=O) groups excluding carboxylic acids is 1. The number of aromatic nitrogens is 2. The van der Waals surface area contributed by atoms with Crippen molar-refractivity contribution in [1.29, 1.82) is 0 Å². The predicted molar refractivity (Wildman–Crippen MR) is 111 cm³/mol. The zero-order valence-corrected chi connectivity index (χ0v) is 18.9. The molecule has 1 aliphatic heterocycles. The first-order valence-electron chi connectivity index (χ1n) is 10.0. The second kappa shape index (κ2) is 9.82. The van der Waals surface area contributed by atoms with E-state index in [1.165, 1.54) is 29.7 Å². The van der Waals surface area contributed by atoms with E-state index in [9.17, 15) is 22.0 Å². The van der Waals surface area contributed by atoms with Gasteiger partial charge in [-0.1, -0.05) is 6.07 Å². The van der Waals surface area contributed by atoms with Crippen LogP contribution in [0.15, 0.2) is 29.4 Å². The first kappa shape index (κ1) is 23.9. The second-order valence-electron chi connectivity index (χ2n) is 7.50. The molecule has 12 heteroatoms. The number of imidazole rings is 1. The minimum absolute atomic E-state index is 0.00798. The van der Waals surface area contributed by atoms with Crippen LogP contribution in [0.3, 0.4) is 0 Å². The zero-order chi connectivity index (χ0) is 23.5. The molecule has 0 spiro atoms. The number of hydrogen-bond acceptors (Lipinski definition) is 6. The summed E-state index contributed by atoms with van der Waals surface area (Å²) in [7, 11) is -0.632. The predicted octanol–water partition coefficient (Wildman–Crippen LogP) is 2.06. The van der Waals surface area contributed by atoms with Crippen molar-refractivity contribution in [2.75, 3.05) is 20.2 Å². The van der Waals surface area contributed by atoms with E-state index in [-0.39, 0.29) is 48.0 Å². The Balaban J connectivity index is 1.55. The number of nitrogens with zero attached hydrogens (tertiary/aromatic N) is 3. The van der Waals surface area contributed by atoms with Gasteiger partial charge in [-0.2, -0.15) is 13.1 Å². The largest absolute Gasteiger partial charge is 0.493 e. The summed E-state index contributed by atoms with van der Waals surface area (Å²) in [5.74, 6) is 0.135. The van der Waals surface area contributed by atoms with Crippen molar-refractivity contribution in [3.63, 3.8) is 0 Å². The van der Waals surface area contributed by atoms with Gasteiger partial charge in [-0.3, -0.25) is 4.79 Å². The van der Waals surface area contributed by atoms with E-state index in [2.05, 4.69) is 15.0 Å². The summed E-state index contributed by atoms with van der Waals surface area (Å²) in [6.07, 6.45) is 2.26. The highest BCUT2D eigenvalue weighted by Gasteiger charge is 2.33. The molecule has 1 aromatic heterocycles. The molecule has 0 aliphatic carbocycles. The van der Waals surface area contributed by atoms with Gasteiger partial charge >= 0.3 is 6.61 Å². The number of nitrogens with one attached hydrogen (secondary N) is 1. The van der Waals surface area contributed by atoms with Gasteiger partial charge < -0.3 is 19.4 Å². The monoisotopic (exact) mass is 472 g/mol. The maximum absolute atomic E-state index is 12.8. The number of amides is 1. The smallest absolute Gasteiger partial charge is 0.387 e. The molecule has 32 heavy (non-hydrogen) atoms. The molecular formula is C20H26F2N4O5S. The van der Waals surface area contributed by atoms with E-state index in [0.29, 0.717) is 24.2 Å². The molecule has 9 nitrogen and oxygen atoms in total. The number of ether oxygens (including phenoxy) is 2. The van der Waals surface area contributed by atoms with Crippen molar-refractivity contribution in [1.82, 2.24) is 19.2 Å². The van der Waals surface area contributed by atoms with Gasteiger partial charge in [-0.15, -0.1) is 0 Å². The third-order valence-corrected chi connectivity index (χ3v) is 7.20. The van der Waals surface area contributed by atoms with Crippen molar-refractivity contribution in [3.05, 3.63) is 35.8 Å². The van der Waals surface area contributed by atoms with Gasteiger partial charge in [0.05, 0.1) is 7.11 Å². The molecule has 1 amide bonds. The maximum atomic E-state index is 12.8. The fraction of sp³-hybridized carbons (Fsp3) is 0.500. The number of aryl methyl sites for hydroxylation is 2. The van der Waals surface area contributed by atoms with Gasteiger partial charge in [0.25, 0.3) is 10.0 Å². The third-order valence-electron chi connectivity index (χ3n) is 5.43. The lowest BCUT2D eigenvalue weighted by molar-refractivity contribution is -0.126. The SMILES string of the molecule is COc1cc(CNC(=O)C2CCN(S(=O)(=O)c3cn(C)c(C)n3)CC2)ccc1OC(F)F. The van der Waals surface area contributed by atoms with Gasteiger partial charge in [0.15, 0.2) is 16.5 Å². The quantitative estimate of drug-likeness (QED) is 0.631. The number of piperidine rings is 1. The summed E-state index contributed by atoms with van der Waals surface area (Å²) in [4.78, 5) is 16.7. The summed E-state index contributed by atoms with van der Waals surface area (Å²) in [5, 5.41) is 2.82. The highest BCUT2D eigenvalue weighted by molar-refractivity contribution is 7.89. The van der Waals surface area contributed by atoms with Gasteiger partial charge in [0, 0.05) is 38.8 Å². The molecule has 1 aromatic carbocycles. The van der Waals surface area contributed by atoms with Crippen LogP contribution in [0.2, 0.25) is 0 Å². The van der Waals surface area contributed by atoms with Crippen LogP contribution in [0.5, 0.6) is 11.5 Å². The van der Waals surface area contributed by atoms with Crippen LogP contribution >= 0.6 is 0 Å². The molecule has 2 heterocycles. The van der Waals surface area contributed by atoms with Crippen LogP contribution < -0.4 is 14.8 Å². The van der Waals surface area contributed by atoms with E-state index < -0.39 is 16.6 Å². The number of sulfonamides is 1. The van der Waals surface area contributed by atoms with Crippen molar-refractivity contribution in [2.45, 2.75) is 37.9 Å². The normalized spacial score (nSPS) is 15.7. The fourth-order valence-corrected chi connectivity index (χ4v) is 4.98. The average molecular weight is 473 g/mol. The number of alkyl halides is 2. The highest BCUT2D eigenvalue weighted by atomic mass is 32.2. The fourth-order valence-electron chi connectivity index (χ4n) is 3.49. The standard InChI is InChI=1S/C20H26F2N4O5S/c1-13-24-18(12-25(13)2)32(28,29)26-8-6-15(7-9-26)19(27)23-11-14-4-5-16(31-20(21)22)17(10-14)30-3/h4-5,10,12,15,20H,6-9,11H2,1-3H3,(H,23,27). The third kappa shape index (κ3) is 5.36. The lowest BCUT2D eigenvalue weighted by Gasteiger charge is -2.30. The Morgan fingerprint density at radius 2 is 1.97 bits per heavy atom. The molecule has 1 aliphatic rings. The number of hydrogen-bond donors (Lipinski definition) is 1. The van der Waals surface area contributed by atoms with Crippen LogP contribution in [-0.2, 0) is 28.4 Å². The van der Waals surface area contributed by atoms with Crippen LogP contribution in [0.25, 0.3) is 0 Å². The lowest BCUT2D eigenvalue weighted by Crippen LogP contribution is -2.43. The average Bonchev–Trinajstić information content (AvgIpc) is 3.11. The van der Waals surface area contributed by atoms with Gasteiger partial charge in [0.2, 0.25) is 5.91 Å². The van der Waals surface area contributed by atoms with Crippen molar-refractivity contribution in [3.8, 4) is 11.5 Å². The second-order valence-corrected chi connectivity index (χ2v) is 9.38.